The van der Waals surface area contributed by atoms with Crippen LogP contribution in [0.2, 0.25) is 0 Å². The summed E-state index contributed by atoms with van der Waals surface area (Å²) in [6, 6.07) is 6.83. The molecule has 4 rings (SSSR count). The minimum Gasteiger partial charge on any atom is -0.191 e. The maximum atomic E-state index is 4.71. The average molecular weight is 284 g/mol. The zero-order chi connectivity index (χ0) is 13.5. The summed E-state index contributed by atoms with van der Waals surface area (Å²) in [5.74, 6) is 1.72. The number of benzene rings is 1. The van der Waals surface area contributed by atoms with E-state index in [0.29, 0.717) is 0 Å². The first-order valence-corrected chi connectivity index (χ1v) is 8.05. The van der Waals surface area contributed by atoms with Crippen LogP contribution in [-0.2, 0) is 12.8 Å². The van der Waals surface area contributed by atoms with Crippen molar-refractivity contribution in [2.24, 2.45) is 5.10 Å². The summed E-state index contributed by atoms with van der Waals surface area (Å²) in [4.78, 5) is 0. The Morgan fingerprint density at radius 3 is 2.85 bits per heavy atom. The Labute approximate surface area is 122 Å². The van der Waals surface area contributed by atoms with Gasteiger partial charge in [0.05, 0.1) is 5.71 Å². The van der Waals surface area contributed by atoms with E-state index in [9.17, 15) is 0 Å². The quantitative estimate of drug-likeness (QED) is 0.808. The monoisotopic (exact) mass is 284 g/mol. The predicted molar refractivity (Wildman–Crippen MR) is 80.5 cm³/mol. The van der Waals surface area contributed by atoms with Crippen LogP contribution in [-0.4, -0.2) is 26.3 Å². The van der Waals surface area contributed by atoms with E-state index in [4.69, 9.17) is 5.10 Å². The van der Waals surface area contributed by atoms with Crippen LogP contribution in [0.15, 0.2) is 28.5 Å². The number of aromatic nitrogens is 3. The number of nitrogens with zero attached hydrogens (tertiary/aromatic N) is 4. The van der Waals surface area contributed by atoms with Gasteiger partial charge in [0.15, 0.2) is 5.82 Å². The summed E-state index contributed by atoms with van der Waals surface area (Å²) in [6.07, 6.45) is 5.07. The molecule has 2 aromatic rings. The van der Waals surface area contributed by atoms with Crippen LogP contribution < -0.4 is 0 Å². The second-order valence-electron chi connectivity index (χ2n) is 5.37. The van der Waals surface area contributed by atoms with Gasteiger partial charge >= 0.3 is 0 Å². The average Bonchev–Trinajstić information content (AvgIpc) is 2.88. The van der Waals surface area contributed by atoms with Crippen molar-refractivity contribution in [2.45, 2.75) is 37.8 Å². The van der Waals surface area contributed by atoms with E-state index in [-0.39, 0.29) is 0 Å². The molecule has 1 aliphatic heterocycles. The number of hydrogen-bond donors (Lipinski definition) is 0. The van der Waals surface area contributed by atoms with Crippen LogP contribution in [0.4, 0.5) is 0 Å². The lowest BCUT2D eigenvalue weighted by atomic mass is 9.90. The van der Waals surface area contributed by atoms with E-state index >= 15 is 0 Å². The fourth-order valence-corrected chi connectivity index (χ4v) is 3.76. The Morgan fingerprint density at radius 2 is 1.95 bits per heavy atom. The number of aryl methyl sites for hydroxylation is 3. The van der Waals surface area contributed by atoms with Crippen molar-refractivity contribution in [3.05, 3.63) is 40.7 Å². The van der Waals surface area contributed by atoms with Crippen LogP contribution in [0.3, 0.4) is 0 Å². The van der Waals surface area contributed by atoms with Crippen molar-refractivity contribution >= 4 is 17.5 Å². The fourth-order valence-electron chi connectivity index (χ4n) is 2.88. The molecule has 0 saturated heterocycles. The lowest BCUT2D eigenvalue weighted by molar-refractivity contribution is 0.685. The molecule has 1 aliphatic carbocycles. The molecule has 0 amide bonds. The van der Waals surface area contributed by atoms with Gasteiger partial charge in [0.1, 0.15) is 0 Å². The van der Waals surface area contributed by atoms with E-state index in [2.05, 4.69) is 28.4 Å². The molecular weight excluding hydrogens is 268 g/mol. The zero-order valence-corrected chi connectivity index (χ0v) is 12.3. The van der Waals surface area contributed by atoms with Crippen LogP contribution in [0, 0.1) is 6.92 Å². The lowest BCUT2D eigenvalue weighted by Crippen LogP contribution is -2.15. The smallest absolute Gasteiger partial charge is 0.191 e. The third-order valence-electron chi connectivity index (χ3n) is 4.01. The van der Waals surface area contributed by atoms with Crippen LogP contribution >= 0.6 is 11.8 Å². The highest BCUT2D eigenvalue weighted by molar-refractivity contribution is 7.99. The van der Waals surface area contributed by atoms with Gasteiger partial charge in [0.25, 0.3) is 0 Å². The van der Waals surface area contributed by atoms with Gasteiger partial charge in [-0.25, -0.2) is 0 Å². The van der Waals surface area contributed by atoms with Gasteiger partial charge in [-0.2, -0.15) is 9.78 Å². The molecule has 0 atom stereocenters. The zero-order valence-electron chi connectivity index (χ0n) is 11.5. The molecule has 0 spiro atoms. The molecule has 0 unspecified atom stereocenters. The van der Waals surface area contributed by atoms with Gasteiger partial charge in [-0.15, -0.1) is 10.2 Å². The molecule has 0 radical (unpaired) electrons. The van der Waals surface area contributed by atoms with E-state index in [1.165, 1.54) is 42.4 Å². The molecule has 0 saturated carbocycles. The summed E-state index contributed by atoms with van der Waals surface area (Å²) in [5.41, 5.74) is 5.40. The van der Waals surface area contributed by atoms with Crippen molar-refractivity contribution in [2.75, 3.05) is 5.75 Å². The minimum atomic E-state index is 0.850. The fraction of sp³-hybridized carbons (Fsp3) is 0.400. The second kappa shape index (κ2) is 4.74. The van der Waals surface area contributed by atoms with Crippen molar-refractivity contribution in [3.8, 4) is 0 Å². The Morgan fingerprint density at radius 1 is 1.10 bits per heavy atom. The molecule has 0 fully saturated rings. The molecule has 0 N–H and O–H groups in total. The van der Waals surface area contributed by atoms with Crippen molar-refractivity contribution in [1.82, 2.24) is 14.9 Å². The molecule has 20 heavy (non-hydrogen) atoms. The molecule has 2 heterocycles. The first kappa shape index (κ1) is 12.1. The van der Waals surface area contributed by atoms with Crippen molar-refractivity contribution in [1.29, 1.82) is 0 Å². The third-order valence-corrected chi connectivity index (χ3v) is 4.94. The maximum absolute atomic E-state index is 4.71. The molecule has 102 valence electrons. The first-order valence-electron chi connectivity index (χ1n) is 7.06. The summed E-state index contributed by atoms with van der Waals surface area (Å²) in [7, 11) is 0. The second-order valence-corrected chi connectivity index (χ2v) is 6.31. The predicted octanol–water partition coefficient (Wildman–Crippen LogP) is 2.82. The first-order chi connectivity index (χ1) is 9.81. The Kier molecular flexibility index (Phi) is 2.88. The van der Waals surface area contributed by atoms with Crippen LogP contribution in [0.25, 0.3) is 0 Å². The SMILES string of the molecule is Cc1nnc2n1N=C(c1ccc3c(c1)CCCC3)CS2. The molecule has 4 nitrogen and oxygen atoms in total. The summed E-state index contributed by atoms with van der Waals surface area (Å²) < 4.78 is 1.85. The maximum Gasteiger partial charge on any atom is 0.212 e. The van der Waals surface area contributed by atoms with E-state index in [0.717, 1.165) is 22.4 Å². The van der Waals surface area contributed by atoms with Crippen molar-refractivity contribution < 1.29 is 0 Å². The van der Waals surface area contributed by atoms with Gasteiger partial charge in [-0.05, 0) is 55.4 Å². The largest absolute Gasteiger partial charge is 0.212 e. The van der Waals surface area contributed by atoms with Gasteiger partial charge in [0, 0.05) is 5.75 Å². The van der Waals surface area contributed by atoms with E-state index in [1.54, 1.807) is 11.8 Å². The Bertz CT molecular complexity index is 702. The summed E-state index contributed by atoms with van der Waals surface area (Å²) >= 11 is 1.71. The topological polar surface area (TPSA) is 43.1 Å². The minimum absolute atomic E-state index is 0.850. The number of fused-ring (bicyclic) bond motifs is 2. The van der Waals surface area contributed by atoms with Gasteiger partial charge < -0.3 is 0 Å². The molecule has 1 aromatic heterocycles. The Hall–Kier alpha value is -1.62. The Balaban J connectivity index is 1.75. The number of hydrogen-bond acceptors (Lipinski definition) is 4. The summed E-state index contributed by atoms with van der Waals surface area (Å²) in [5, 5.41) is 13.8. The third kappa shape index (κ3) is 1.97. The van der Waals surface area contributed by atoms with Gasteiger partial charge in [-0.3, -0.25) is 0 Å². The molecular formula is C15H16N4S. The van der Waals surface area contributed by atoms with Crippen LogP contribution in [0.1, 0.15) is 35.4 Å². The van der Waals surface area contributed by atoms with E-state index in [1.807, 2.05) is 11.6 Å². The molecule has 0 bridgehead atoms. The summed E-state index contributed by atoms with van der Waals surface area (Å²) in [6.45, 7) is 1.94. The standard InChI is InChI=1S/C15H16N4S/c1-10-16-17-15-19(10)18-14(9-20-15)13-7-6-11-4-2-3-5-12(11)8-13/h6-8H,2-5,9H2,1H3. The van der Waals surface area contributed by atoms with Crippen LogP contribution in [0.5, 0.6) is 0 Å². The highest BCUT2D eigenvalue weighted by Crippen LogP contribution is 2.26. The highest BCUT2D eigenvalue weighted by Gasteiger charge is 2.19. The molecule has 5 heteroatoms. The molecule has 1 aromatic carbocycles. The van der Waals surface area contributed by atoms with Crippen molar-refractivity contribution in [3.63, 3.8) is 0 Å². The molecule has 2 aliphatic rings. The normalized spacial score (nSPS) is 17.4. The number of rotatable bonds is 1. The highest BCUT2D eigenvalue weighted by atomic mass is 32.2. The lowest BCUT2D eigenvalue weighted by Gasteiger charge is -2.18. The van der Waals surface area contributed by atoms with Gasteiger partial charge in [0.2, 0.25) is 5.16 Å². The number of thioether (sulfide) groups is 1. The van der Waals surface area contributed by atoms with E-state index < -0.39 is 0 Å². The van der Waals surface area contributed by atoms with Gasteiger partial charge in [-0.1, -0.05) is 23.9 Å².